The zero-order chi connectivity index (χ0) is 12.3. The van der Waals surface area contributed by atoms with E-state index >= 15 is 0 Å². The summed E-state index contributed by atoms with van der Waals surface area (Å²) in [6.45, 7) is 3.06. The van der Waals surface area contributed by atoms with Crippen molar-refractivity contribution in [3.8, 4) is 0 Å². The lowest BCUT2D eigenvalue weighted by Gasteiger charge is -2.17. The molecule has 1 rings (SSSR count). The molecule has 102 valence electrons. The summed E-state index contributed by atoms with van der Waals surface area (Å²) >= 11 is 0. The molecule has 0 aromatic carbocycles. The Bertz CT molecular complexity index is 169. The second kappa shape index (κ2) is 9.83. The van der Waals surface area contributed by atoms with Crippen LogP contribution in [0.1, 0.15) is 32.1 Å². The average Bonchev–Trinajstić information content (AvgIpc) is 2.86. The highest BCUT2D eigenvalue weighted by Crippen LogP contribution is 2.27. The van der Waals surface area contributed by atoms with Gasteiger partial charge in [0.15, 0.2) is 0 Å². The number of methoxy groups -OCH3 is 1. The molecule has 1 atom stereocenters. The van der Waals surface area contributed by atoms with Crippen LogP contribution in [-0.2, 0) is 14.2 Å². The van der Waals surface area contributed by atoms with Crippen molar-refractivity contribution in [2.45, 2.75) is 38.2 Å². The molecule has 0 aromatic rings. The minimum atomic E-state index is -0.286. The molecule has 0 aromatic heterocycles. The van der Waals surface area contributed by atoms with Gasteiger partial charge in [-0.15, -0.1) is 0 Å². The van der Waals surface area contributed by atoms with Crippen molar-refractivity contribution in [2.75, 3.05) is 40.1 Å². The van der Waals surface area contributed by atoms with E-state index in [0.29, 0.717) is 32.3 Å². The number of aliphatic hydroxyl groups is 1. The van der Waals surface area contributed by atoms with Gasteiger partial charge in [0.25, 0.3) is 0 Å². The van der Waals surface area contributed by atoms with Crippen molar-refractivity contribution in [1.82, 2.24) is 0 Å². The molecule has 1 N–H and O–H groups in total. The fourth-order valence-corrected chi connectivity index (χ4v) is 2.21. The monoisotopic (exact) mass is 246 g/mol. The van der Waals surface area contributed by atoms with Crippen LogP contribution in [0.25, 0.3) is 0 Å². The van der Waals surface area contributed by atoms with Gasteiger partial charge in [-0.2, -0.15) is 0 Å². The first-order valence-electron chi connectivity index (χ1n) is 6.67. The van der Waals surface area contributed by atoms with E-state index in [4.69, 9.17) is 14.2 Å². The minimum Gasteiger partial charge on any atom is -0.390 e. The standard InChI is InChI=1S/C13H26O4/c1-15-7-4-8-16-9-10-17-11-13(14)12-5-2-3-6-12/h12-14H,2-11H2,1H3. The van der Waals surface area contributed by atoms with Gasteiger partial charge in [0.1, 0.15) is 0 Å². The van der Waals surface area contributed by atoms with E-state index in [1.807, 2.05) is 0 Å². The topological polar surface area (TPSA) is 47.9 Å². The third-order valence-electron chi connectivity index (χ3n) is 3.24. The van der Waals surface area contributed by atoms with Gasteiger partial charge in [0, 0.05) is 20.3 Å². The molecule has 0 saturated heterocycles. The molecule has 0 bridgehead atoms. The molecule has 17 heavy (non-hydrogen) atoms. The lowest BCUT2D eigenvalue weighted by molar-refractivity contribution is -0.0173. The zero-order valence-corrected chi connectivity index (χ0v) is 10.9. The van der Waals surface area contributed by atoms with Crippen LogP contribution >= 0.6 is 0 Å². The lowest BCUT2D eigenvalue weighted by atomic mass is 10.0. The molecular weight excluding hydrogens is 220 g/mol. The van der Waals surface area contributed by atoms with Gasteiger partial charge in [-0.05, 0) is 25.2 Å². The summed E-state index contributed by atoms with van der Waals surface area (Å²) in [5.41, 5.74) is 0. The Morgan fingerprint density at radius 2 is 1.76 bits per heavy atom. The van der Waals surface area contributed by atoms with E-state index < -0.39 is 0 Å². The van der Waals surface area contributed by atoms with Gasteiger partial charge in [0.05, 0.1) is 25.9 Å². The van der Waals surface area contributed by atoms with Crippen LogP contribution in [0.3, 0.4) is 0 Å². The van der Waals surface area contributed by atoms with Crippen molar-refractivity contribution >= 4 is 0 Å². The number of ether oxygens (including phenoxy) is 3. The smallest absolute Gasteiger partial charge is 0.0801 e. The molecule has 0 aliphatic heterocycles. The molecule has 1 unspecified atom stereocenters. The molecule has 4 heteroatoms. The molecule has 1 aliphatic rings. The second-order valence-electron chi connectivity index (χ2n) is 4.65. The molecule has 1 fully saturated rings. The second-order valence-corrected chi connectivity index (χ2v) is 4.65. The average molecular weight is 246 g/mol. The fourth-order valence-electron chi connectivity index (χ4n) is 2.21. The van der Waals surface area contributed by atoms with Gasteiger partial charge in [-0.1, -0.05) is 12.8 Å². The first-order valence-corrected chi connectivity index (χ1v) is 6.67. The predicted molar refractivity (Wildman–Crippen MR) is 66.1 cm³/mol. The van der Waals surface area contributed by atoms with Crippen LogP contribution in [0.5, 0.6) is 0 Å². The third kappa shape index (κ3) is 6.99. The Kier molecular flexibility index (Phi) is 8.61. The number of hydrogen-bond acceptors (Lipinski definition) is 4. The van der Waals surface area contributed by atoms with Crippen LogP contribution in [0.15, 0.2) is 0 Å². The van der Waals surface area contributed by atoms with Crippen molar-refractivity contribution in [2.24, 2.45) is 5.92 Å². The summed E-state index contributed by atoms with van der Waals surface area (Å²) in [7, 11) is 1.69. The summed E-state index contributed by atoms with van der Waals surface area (Å²) in [6.07, 6.45) is 5.44. The van der Waals surface area contributed by atoms with E-state index in [1.54, 1.807) is 7.11 Å². The van der Waals surface area contributed by atoms with Crippen LogP contribution in [0.4, 0.5) is 0 Å². The quantitative estimate of drug-likeness (QED) is 0.595. The van der Waals surface area contributed by atoms with E-state index in [1.165, 1.54) is 12.8 Å². The molecule has 1 saturated carbocycles. The van der Waals surface area contributed by atoms with Gasteiger partial charge in [0.2, 0.25) is 0 Å². The minimum absolute atomic E-state index is 0.286. The first kappa shape index (κ1) is 14.9. The highest BCUT2D eigenvalue weighted by molar-refractivity contribution is 4.74. The molecule has 1 aliphatic carbocycles. The van der Waals surface area contributed by atoms with Gasteiger partial charge in [-0.3, -0.25) is 0 Å². The normalized spacial score (nSPS) is 18.7. The van der Waals surface area contributed by atoms with Crippen molar-refractivity contribution in [3.05, 3.63) is 0 Å². The highest BCUT2D eigenvalue weighted by Gasteiger charge is 2.22. The summed E-state index contributed by atoms with van der Waals surface area (Å²) in [5.74, 6) is 0.456. The fraction of sp³-hybridized carbons (Fsp3) is 1.00. The largest absolute Gasteiger partial charge is 0.390 e. The Balaban J connectivity index is 1.83. The maximum atomic E-state index is 9.84. The van der Waals surface area contributed by atoms with Crippen LogP contribution < -0.4 is 0 Å². The SMILES string of the molecule is COCCCOCCOCC(O)C1CCCC1. The molecule has 0 amide bonds. The van der Waals surface area contributed by atoms with Gasteiger partial charge in [-0.25, -0.2) is 0 Å². The first-order chi connectivity index (χ1) is 8.34. The number of rotatable bonds is 10. The summed E-state index contributed by atoms with van der Waals surface area (Å²) in [4.78, 5) is 0. The number of aliphatic hydroxyl groups excluding tert-OH is 1. The van der Waals surface area contributed by atoms with E-state index in [2.05, 4.69) is 0 Å². The van der Waals surface area contributed by atoms with Crippen LogP contribution in [-0.4, -0.2) is 51.4 Å². The molecule has 4 nitrogen and oxygen atoms in total. The Morgan fingerprint density at radius 3 is 2.47 bits per heavy atom. The van der Waals surface area contributed by atoms with E-state index in [9.17, 15) is 5.11 Å². The molecular formula is C13H26O4. The molecule has 0 spiro atoms. The Morgan fingerprint density at radius 1 is 1.06 bits per heavy atom. The predicted octanol–water partition coefficient (Wildman–Crippen LogP) is 1.61. The molecule has 0 heterocycles. The maximum absolute atomic E-state index is 9.84. The Labute approximate surface area is 104 Å². The van der Waals surface area contributed by atoms with Gasteiger partial charge >= 0.3 is 0 Å². The van der Waals surface area contributed by atoms with Gasteiger partial charge < -0.3 is 19.3 Å². The van der Waals surface area contributed by atoms with Crippen LogP contribution in [0.2, 0.25) is 0 Å². The summed E-state index contributed by atoms with van der Waals surface area (Å²) < 4.78 is 15.7. The number of hydrogen-bond donors (Lipinski definition) is 1. The lowest BCUT2D eigenvalue weighted by Crippen LogP contribution is -2.24. The van der Waals surface area contributed by atoms with Crippen molar-refractivity contribution in [3.63, 3.8) is 0 Å². The third-order valence-corrected chi connectivity index (χ3v) is 3.24. The Hall–Kier alpha value is -0.160. The summed E-state index contributed by atoms with van der Waals surface area (Å²) in [5, 5.41) is 9.84. The maximum Gasteiger partial charge on any atom is 0.0801 e. The van der Waals surface area contributed by atoms with E-state index in [0.717, 1.165) is 25.9 Å². The summed E-state index contributed by atoms with van der Waals surface area (Å²) in [6, 6.07) is 0. The molecule has 0 radical (unpaired) electrons. The van der Waals surface area contributed by atoms with Crippen molar-refractivity contribution in [1.29, 1.82) is 0 Å². The highest BCUT2D eigenvalue weighted by atomic mass is 16.5. The van der Waals surface area contributed by atoms with E-state index in [-0.39, 0.29) is 6.10 Å². The van der Waals surface area contributed by atoms with Crippen LogP contribution in [0, 0.1) is 5.92 Å². The zero-order valence-electron chi connectivity index (χ0n) is 10.9. The van der Waals surface area contributed by atoms with Crippen molar-refractivity contribution < 1.29 is 19.3 Å².